The first-order chi connectivity index (χ1) is 10.0. The molecular formula is C14H10ClN3O2S. The van der Waals surface area contributed by atoms with Crippen molar-refractivity contribution in [3.63, 3.8) is 0 Å². The van der Waals surface area contributed by atoms with Crippen LogP contribution in [0.25, 0.3) is 10.9 Å². The molecule has 7 heteroatoms. The van der Waals surface area contributed by atoms with E-state index in [1.165, 1.54) is 17.5 Å². The van der Waals surface area contributed by atoms with Gasteiger partial charge in [-0.25, -0.2) is 4.98 Å². The number of halogens is 1. The van der Waals surface area contributed by atoms with Gasteiger partial charge in [0.2, 0.25) is 5.43 Å². The fourth-order valence-electron chi connectivity index (χ4n) is 1.94. The van der Waals surface area contributed by atoms with E-state index >= 15 is 0 Å². The zero-order valence-electron chi connectivity index (χ0n) is 10.9. The summed E-state index contributed by atoms with van der Waals surface area (Å²) in [6.07, 6.45) is 1.39. The van der Waals surface area contributed by atoms with Gasteiger partial charge in [0.25, 0.3) is 5.91 Å². The van der Waals surface area contributed by atoms with Crippen LogP contribution in [0.2, 0.25) is 5.02 Å². The number of rotatable bonds is 2. The van der Waals surface area contributed by atoms with Gasteiger partial charge < -0.3 is 4.98 Å². The molecule has 0 bridgehead atoms. The van der Waals surface area contributed by atoms with E-state index < -0.39 is 5.91 Å². The summed E-state index contributed by atoms with van der Waals surface area (Å²) in [5, 5.41) is 5.85. The van der Waals surface area contributed by atoms with Crippen molar-refractivity contribution in [3.05, 3.63) is 56.3 Å². The van der Waals surface area contributed by atoms with Gasteiger partial charge >= 0.3 is 0 Å². The van der Waals surface area contributed by atoms with Crippen molar-refractivity contribution in [2.45, 2.75) is 6.92 Å². The number of aryl methyl sites for hydroxylation is 1. The van der Waals surface area contributed by atoms with Gasteiger partial charge in [-0.05, 0) is 25.1 Å². The molecule has 0 saturated carbocycles. The Labute approximate surface area is 128 Å². The molecule has 3 aromatic rings. The lowest BCUT2D eigenvalue weighted by atomic mass is 10.1. The average molecular weight is 320 g/mol. The van der Waals surface area contributed by atoms with Gasteiger partial charge in [0.05, 0.1) is 11.2 Å². The van der Waals surface area contributed by atoms with Crippen LogP contribution in [0, 0.1) is 6.92 Å². The lowest BCUT2D eigenvalue weighted by Gasteiger charge is -2.03. The highest BCUT2D eigenvalue weighted by molar-refractivity contribution is 7.13. The number of carbonyl (C=O) groups excluding carboxylic acids is 1. The average Bonchev–Trinajstić information content (AvgIpc) is 2.84. The molecule has 0 fully saturated rings. The normalized spacial score (nSPS) is 10.8. The second-order valence-electron chi connectivity index (χ2n) is 4.47. The number of pyridine rings is 1. The molecule has 0 atom stereocenters. The summed E-state index contributed by atoms with van der Waals surface area (Å²) >= 11 is 7.19. The standard InChI is InChI=1S/C14H10ClN3O2S/c1-7-6-21-14(17-7)18-13(20)10-5-16-11-4-8(15)2-3-9(11)12(10)19/h2-6H,1H3,(H,16,19)(H,17,18,20). The SMILES string of the molecule is Cc1csc(NC(=O)c2c[nH]c3cc(Cl)ccc3c2=O)n1. The van der Waals surface area contributed by atoms with E-state index in [1.54, 1.807) is 18.2 Å². The van der Waals surface area contributed by atoms with Crippen molar-refractivity contribution in [2.75, 3.05) is 5.32 Å². The fourth-order valence-corrected chi connectivity index (χ4v) is 2.79. The highest BCUT2D eigenvalue weighted by Gasteiger charge is 2.14. The van der Waals surface area contributed by atoms with Crippen LogP contribution in [0.3, 0.4) is 0 Å². The number of anilines is 1. The Kier molecular flexibility index (Phi) is 3.48. The fraction of sp³-hybridized carbons (Fsp3) is 0.0714. The zero-order chi connectivity index (χ0) is 15.0. The molecular weight excluding hydrogens is 310 g/mol. The summed E-state index contributed by atoms with van der Waals surface area (Å²) in [6, 6.07) is 4.86. The minimum absolute atomic E-state index is 0.0395. The quantitative estimate of drug-likeness (QED) is 0.761. The molecule has 106 valence electrons. The summed E-state index contributed by atoms with van der Waals surface area (Å²) in [4.78, 5) is 31.5. The molecule has 2 aromatic heterocycles. The Morgan fingerprint density at radius 3 is 2.95 bits per heavy atom. The monoisotopic (exact) mass is 319 g/mol. The molecule has 0 aliphatic carbocycles. The molecule has 3 rings (SSSR count). The molecule has 0 saturated heterocycles. The zero-order valence-corrected chi connectivity index (χ0v) is 12.5. The molecule has 0 aliphatic rings. The highest BCUT2D eigenvalue weighted by Crippen LogP contribution is 2.17. The second kappa shape index (κ2) is 5.31. The third-order valence-corrected chi connectivity index (χ3v) is 4.04. The summed E-state index contributed by atoms with van der Waals surface area (Å²) < 4.78 is 0. The number of aromatic amines is 1. The summed E-state index contributed by atoms with van der Waals surface area (Å²) in [5.41, 5.74) is 1.11. The van der Waals surface area contributed by atoms with Crippen molar-refractivity contribution >= 4 is 44.9 Å². The first-order valence-electron chi connectivity index (χ1n) is 6.09. The molecule has 1 aromatic carbocycles. The van der Waals surface area contributed by atoms with Gasteiger partial charge in [-0.1, -0.05) is 11.6 Å². The van der Waals surface area contributed by atoms with E-state index in [2.05, 4.69) is 15.3 Å². The highest BCUT2D eigenvalue weighted by atomic mass is 35.5. The van der Waals surface area contributed by atoms with Crippen LogP contribution < -0.4 is 10.7 Å². The molecule has 0 spiro atoms. The molecule has 0 radical (unpaired) electrons. The molecule has 2 heterocycles. The Balaban J connectivity index is 2.00. The number of thiazole rings is 1. The van der Waals surface area contributed by atoms with Crippen molar-refractivity contribution in [1.29, 1.82) is 0 Å². The first-order valence-corrected chi connectivity index (χ1v) is 7.35. The number of hydrogen-bond donors (Lipinski definition) is 2. The van der Waals surface area contributed by atoms with Crippen LogP contribution >= 0.6 is 22.9 Å². The number of benzene rings is 1. The molecule has 21 heavy (non-hydrogen) atoms. The van der Waals surface area contributed by atoms with Crippen LogP contribution in [0.4, 0.5) is 5.13 Å². The van der Waals surface area contributed by atoms with Crippen LogP contribution in [-0.4, -0.2) is 15.9 Å². The van der Waals surface area contributed by atoms with Crippen LogP contribution in [0.15, 0.2) is 34.6 Å². The van der Waals surface area contributed by atoms with Gasteiger partial charge in [0.1, 0.15) is 5.56 Å². The van der Waals surface area contributed by atoms with E-state index in [0.717, 1.165) is 5.69 Å². The Morgan fingerprint density at radius 1 is 1.43 bits per heavy atom. The lowest BCUT2D eigenvalue weighted by molar-refractivity contribution is 0.102. The van der Waals surface area contributed by atoms with Gasteiger partial charge in [0, 0.05) is 22.0 Å². The van der Waals surface area contributed by atoms with Crippen LogP contribution in [-0.2, 0) is 0 Å². The lowest BCUT2D eigenvalue weighted by Crippen LogP contribution is -2.21. The van der Waals surface area contributed by atoms with Crippen molar-refractivity contribution < 1.29 is 4.79 Å². The number of fused-ring (bicyclic) bond motifs is 1. The van der Waals surface area contributed by atoms with Gasteiger partial charge in [-0.3, -0.25) is 14.9 Å². The maximum absolute atomic E-state index is 12.3. The second-order valence-corrected chi connectivity index (χ2v) is 5.76. The van der Waals surface area contributed by atoms with E-state index in [-0.39, 0.29) is 11.0 Å². The summed E-state index contributed by atoms with van der Waals surface area (Å²) in [7, 11) is 0. The van der Waals surface area contributed by atoms with Crippen molar-refractivity contribution in [2.24, 2.45) is 0 Å². The number of carbonyl (C=O) groups is 1. The Hall–Kier alpha value is -2.18. The van der Waals surface area contributed by atoms with Crippen molar-refractivity contribution in [3.8, 4) is 0 Å². The number of nitrogens with one attached hydrogen (secondary N) is 2. The largest absolute Gasteiger partial charge is 0.360 e. The van der Waals surface area contributed by atoms with Crippen LogP contribution in [0.5, 0.6) is 0 Å². The first kappa shape index (κ1) is 13.8. The number of nitrogens with zero attached hydrogens (tertiary/aromatic N) is 1. The Morgan fingerprint density at radius 2 is 2.24 bits per heavy atom. The minimum atomic E-state index is -0.484. The van der Waals surface area contributed by atoms with E-state index in [1.807, 2.05) is 12.3 Å². The predicted octanol–water partition coefficient (Wildman–Crippen LogP) is 3.20. The molecule has 2 N–H and O–H groups in total. The number of aromatic nitrogens is 2. The van der Waals surface area contributed by atoms with Gasteiger partial charge in [-0.15, -0.1) is 11.3 Å². The predicted molar refractivity (Wildman–Crippen MR) is 84.4 cm³/mol. The van der Waals surface area contributed by atoms with E-state index in [9.17, 15) is 9.59 Å². The molecule has 1 amide bonds. The van der Waals surface area contributed by atoms with Gasteiger partial charge in [-0.2, -0.15) is 0 Å². The number of amides is 1. The number of H-pyrrole nitrogens is 1. The number of hydrogen-bond acceptors (Lipinski definition) is 4. The molecule has 0 aliphatic heterocycles. The van der Waals surface area contributed by atoms with Gasteiger partial charge in [0.15, 0.2) is 5.13 Å². The van der Waals surface area contributed by atoms with Crippen LogP contribution in [0.1, 0.15) is 16.1 Å². The molecule has 0 unspecified atom stereocenters. The summed E-state index contributed by atoms with van der Waals surface area (Å²) in [6.45, 7) is 1.83. The van der Waals surface area contributed by atoms with E-state index in [0.29, 0.717) is 21.1 Å². The smallest absolute Gasteiger partial charge is 0.262 e. The maximum atomic E-state index is 12.3. The third-order valence-electron chi connectivity index (χ3n) is 2.93. The Bertz CT molecular complexity index is 901. The van der Waals surface area contributed by atoms with Crippen molar-refractivity contribution in [1.82, 2.24) is 9.97 Å². The maximum Gasteiger partial charge on any atom is 0.262 e. The minimum Gasteiger partial charge on any atom is -0.360 e. The topological polar surface area (TPSA) is 74.8 Å². The van der Waals surface area contributed by atoms with E-state index in [4.69, 9.17) is 11.6 Å². The molecule has 5 nitrogen and oxygen atoms in total. The third kappa shape index (κ3) is 2.68. The summed E-state index contributed by atoms with van der Waals surface area (Å²) in [5.74, 6) is -0.484.